The van der Waals surface area contributed by atoms with Crippen molar-refractivity contribution in [2.24, 2.45) is 15.2 Å². The molecular formula is C22H21N3Na2O12S3. The predicted molar refractivity (Wildman–Crippen MR) is 137 cm³/mol. The van der Waals surface area contributed by atoms with Crippen LogP contribution in [0, 0.1) is 6.92 Å². The maximum absolute atomic E-state index is 13.4. The topological polar surface area (TPSA) is 256 Å². The molecule has 0 fully saturated rings. The van der Waals surface area contributed by atoms with Crippen molar-refractivity contribution in [2.45, 2.75) is 28.5 Å². The summed E-state index contributed by atoms with van der Waals surface area (Å²) in [5.74, 6) is -2.82. The Labute approximate surface area is 285 Å². The molecule has 0 aromatic heterocycles. The van der Waals surface area contributed by atoms with E-state index in [1.807, 2.05) is 0 Å². The second-order valence-corrected chi connectivity index (χ2v) is 13.1. The third-order valence-electron chi connectivity index (χ3n) is 5.37. The normalized spacial score (nSPS) is 12.7. The summed E-state index contributed by atoms with van der Waals surface area (Å²) in [6.45, 7) is 1.76. The molecule has 0 aliphatic rings. The van der Waals surface area contributed by atoms with E-state index < -0.39 is 86.0 Å². The number of ether oxygens (including phenoxy) is 1. The number of sulfone groups is 1. The van der Waals surface area contributed by atoms with Crippen molar-refractivity contribution in [1.29, 1.82) is 0 Å². The summed E-state index contributed by atoms with van der Waals surface area (Å²) in [6, 6.07) is 4.43. The van der Waals surface area contributed by atoms with E-state index in [4.69, 9.17) is 9.84 Å². The molecule has 0 saturated carbocycles. The number of azo groups is 1. The van der Waals surface area contributed by atoms with Crippen molar-refractivity contribution in [3.63, 3.8) is 0 Å². The average Bonchev–Trinajstić information content (AvgIpc) is 2.81. The van der Waals surface area contributed by atoms with Gasteiger partial charge in [-0.3, -0.25) is 14.1 Å². The van der Waals surface area contributed by atoms with E-state index in [1.165, 1.54) is 20.1 Å². The van der Waals surface area contributed by atoms with Gasteiger partial charge in [-0.1, -0.05) is 5.75 Å². The molecule has 0 heterocycles. The SMILES string of the molecule is COc1cc(S(=O)(=O)CCO)c(C)cc1N=Nc1c(S(=O)(=O)O)cc2cc(S(=O)(=O)O)cc(N=C(C)[O-])c2c1[O-].[Na+].[Na+]. The molecule has 3 aromatic carbocycles. The monoisotopic (exact) mass is 661 g/mol. The van der Waals surface area contributed by atoms with E-state index in [0.717, 1.165) is 19.1 Å². The van der Waals surface area contributed by atoms with E-state index in [-0.39, 0.29) is 81.0 Å². The first-order chi connectivity index (χ1) is 18.4. The van der Waals surface area contributed by atoms with Crippen LogP contribution < -0.4 is 74.1 Å². The zero-order valence-corrected chi connectivity index (χ0v) is 29.3. The van der Waals surface area contributed by atoms with Crippen LogP contribution in [0.1, 0.15) is 12.5 Å². The van der Waals surface area contributed by atoms with Crippen molar-refractivity contribution in [3.8, 4) is 11.5 Å². The molecule has 0 aliphatic heterocycles. The van der Waals surface area contributed by atoms with Crippen molar-refractivity contribution in [2.75, 3.05) is 19.5 Å². The van der Waals surface area contributed by atoms with E-state index in [0.29, 0.717) is 12.1 Å². The van der Waals surface area contributed by atoms with Gasteiger partial charge < -0.3 is 20.1 Å². The summed E-state index contributed by atoms with van der Waals surface area (Å²) in [4.78, 5) is 1.48. The predicted octanol–water partition coefficient (Wildman–Crippen LogP) is -4.68. The fourth-order valence-electron chi connectivity index (χ4n) is 3.69. The molecule has 0 amide bonds. The molecule has 0 bridgehead atoms. The minimum absolute atomic E-state index is 0. The van der Waals surface area contributed by atoms with Gasteiger partial charge in [0.15, 0.2) is 9.84 Å². The van der Waals surface area contributed by atoms with Gasteiger partial charge in [-0.05, 0) is 55.0 Å². The minimum Gasteiger partial charge on any atom is -0.870 e. The number of hydrogen-bond donors (Lipinski definition) is 3. The van der Waals surface area contributed by atoms with Crippen molar-refractivity contribution < 1.29 is 114 Å². The van der Waals surface area contributed by atoms with Crippen molar-refractivity contribution in [3.05, 3.63) is 35.9 Å². The first-order valence-corrected chi connectivity index (χ1v) is 15.4. The fraction of sp³-hybridized carbons (Fsp3) is 0.227. The van der Waals surface area contributed by atoms with Crippen LogP contribution in [-0.4, -0.2) is 64.8 Å². The second kappa shape index (κ2) is 14.4. The van der Waals surface area contributed by atoms with Crippen LogP contribution in [0.4, 0.5) is 17.1 Å². The first-order valence-electron chi connectivity index (χ1n) is 10.8. The molecule has 0 saturated heterocycles. The summed E-state index contributed by atoms with van der Waals surface area (Å²) in [6.07, 6.45) is 0. The largest absolute Gasteiger partial charge is 1.00 e. The van der Waals surface area contributed by atoms with Crippen LogP contribution >= 0.6 is 0 Å². The van der Waals surface area contributed by atoms with Crippen LogP contribution in [-0.2, 0) is 30.1 Å². The number of aliphatic hydroxyl groups is 1. The Kier molecular flexibility index (Phi) is 13.1. The molecule has 216 valence electrons. The Morgan fingerprint density at radius 2 is 1.52 bits per heavy atom. The zero-order chi connectivity index (χ0) is 30.2. The standard InChI is InChI=1S/C22H23N3O12S3.2Na/c1-11-6-15(17(37-3)10-18(11)38(29,30)5-4-26)24-25-21-19(40(34,35)36)8-13-7-14(39(31,32)33)9-16(23-12(2)27)20(13)22(21)28;;/h6-10,26,28H,4-5H2,1-3H3,(H,23,27)(H,31,32,33)(H,34,35,36);;/q;2*+1/p-2. The third-order valence-corrected chi connectivity index (χ3v) is 8.90. The summed E-state index contributed by atoms with van der Waals surface area (Å²) in [5, 5.41) is 40.7. The molecule has 0 unspecified atom stereocenters. The smallest absolute Gasteiger partial charge is 0.870 e. The summed E-state index contributed by atoms with van der Waals surface area (Å²) in [7, 11) is -12.8. The summed E-state index contributed by atoms with van der Waals surface area (Å²) in [5.41, 5.74) is -1.49. The number of nitrogens with zero attached hydrogens (tertiary/aromatic N) is 3. The minimum atomic E-state index is -5.19. The Hall–Kier alpha value is -1.68. The molecule has 3 aromatic rings. The molecular weight excluding hydrogens is 640 g/mol. The van der Waals surface area contributed by atoms with E-state index in [9.17, 15) is 44.6 Å². The summed E-state index contributed by atoms with van der Waals surface area (Å²) < 4.78 is 97.0. The number of rotatable bonds is 9. The number of fused-ring (bicyclic) bond motifs is 1. The van der Waals surface area contributed by atoms with E-state index in [2.05, 4.69) is 15.2 Å². The second-order valence-electron chi connectivity index (χ2n) is 8.21. The molecule has 0 aliphatic carbocycles. The first kappa shape index (κ1) is 38.3. The average molecular weight is 662 g/mol. The van der Waals surface area contributed by atoms with Gasteiger partial charge in [0, 0.05) is 11.5 Å². The number of aryl methyl sites for hydroxylation is 1. The molecule has 20 heteroatoms. The maximum atomic E-state index is 13.4. The third kappa shape index (κ3) is 8.48. The molecule has 3 N–H and O–H groups in total. The fourth-order valence-corrected chi connectivity index (χ4v) is 6.17. The van der Waals surface area contributed by atoms with Gasteiger partial charge in [0.2, 0.25) is 0 Å². The van der Waals surface area contributed by atoms with Gasteiger partial charge in [-0.2, -0.15) is 16.8 Å². The zero-order valence-electron chi connectivity index (χ0n) is 22.9. The van der Waals surface area contributed by atoms with Gasteiger partial charge in [-0.15, -0.1) is 10.2 Å². The maximum Gasteiger partial charge on any atom is 1.00 e. The number of aliphatic imine (C=N–C) groups is 1. The number of benzene rings is 3. The molecule has 15 nitrogen and oxygen atoms in total. The summed E-state index contributed by atoms with van der Waals surface area (Å²) >= 11 is 0. The molecule has 3 rings (SSSR count). The van der Waals surface area contributed by atoms with Crippen LogP contribution in [0.5, 0.6) is 11.5 Å². The quantitative estimate of drug-likeness (QED) is 0.0643. The molecule has 0 atom stereocenters. The van der Waals surface area contributed by atoms with E-state index in [1.54, 1.807) is 0 Å². The Morgan fingerprint density at radius 3 is 2.02 bits per heavy atom. The number of aliphatic hydroxyl groups excluding tert-OH is 1. The molecule has 42 heavy (non-hydrogen) atoms. The van der Waals surface area contributed by atoms with E-state index >= 15 is 0 Å². The van der Waals surface area contributed by atoms with Crippen LogP contribution in [0.25, 0.3) is 10.8 Å². The van der Waals surface area contributed by atoms with Crippen LogP contribution in [0.15, 0.2) is 60.2 Å². The number of hydrogen-bond acceptors (Lipinski definition) is 13. The van der Waals surface area contributed by atoms with Crippen molar-refractivity contribution >= 4 is 63.8 Å². The van der Waals surface area contributed by atoms with Gasteiger partial charge in [0.05, 0.1) is 40.6 Å². The Balaban J connectivity index is 0.00000441. The Bertz CT molecular complexity index is 1910. The van der Waals surface area contributed by atoms with Gasteiger partial charge >= 0.3 is 59.1 Å². The van der Waals surface area contributed by atoms with Crippen LogP contribution in [0.3, 0.4) is 0 Å². The molecule has 0 spiro atoms. The molecule has 0 radical (unpaired) electrons. The van der Waals surface area contributed by atoms with Crippen LogP contribution in [0.2, 0.25) is 0 Å². The van der Waals surface area contributed by atoms with Crippen molar-refractivity contribution in [1.82, 2.24) is 0 Å². The Morgan fingerprint density at radius 1 is 0.905 bits per heavy atom. The van der Waals surface area contributed by atoms with Gasteiger partial charge in [0.1, 0.15) is 16.3 Å². The van der Waals surface area contributed by atoms with Gasteiger partial charge in [-0.25, -0.2) is 8.42 Å². The number of methoxy groups -OCH3 is 1. The van der Waals surface area contributed by atoms with Gasteiger partial charge in [0.25, 0.3) is 20.2 Å².